The molecule has 0 atom stereocenters. The van der Waals surface area contributed by atoms with Crippen molar-refractivity contribution in [3.63, 3.8) is 0 Å². The fraction of sp³-hybridized carbons (Fsp3) is 0.579. The molecule has 25 heavy (non-hydrogen) atoms. The molecule has 5 nitrogen and oxygen atoms in total. The van der Waals surface area contributed by atoms with Crippen LogP contribution in [0.4, 0.5) is 0 Å². The van der Waals surface area contributed by atoms with Crippen LogP contribution >= 0.6 is 11.6 Å². The first kappa shape index (κ1) is 18.4. The summed E-state index contributed by atoms with van der Waals surface area (Å²) in [6.07, 6.45) is 3.12. The van der Waals surface area contributed by atoms with E-state index in [2.05, 4.69) is 22.6 Å². The molecule has 0 N–H and O–H groups in total. The van der Waals surface area contributed by atoms with Gasteiger partial charge in [0.25, 0.3) is 0 Å². The molecule has 2 heterocycles. The summed E-state index contributed by atoms with van der Waals surface area (Å²) in [5.74, 6) is 2.54. The molecule has 1 aliphatic heterocycles. The predicted molar refractivity (Wildman–Crippen MR) is 100 cm³/mol. The van der Waals surface area contributed by atoms with Gasteiger partial charge in [0.15, 0.2) is 5.82 Å². The number of halogens is 1. The summed E-state index contributed by atoms with van der Waals surface area (Å²) in [6, 6.07) is 7.99. The van der Waals surface area contributed by atoms with E-state index in [-0.39, 0.29) is 0 Å². The van der Waals surface area contributed by atoms with E-state index in [0.29, 0.717) is 5.92 Å². The van der Waals surface area contributed by atoms with Gasteiger partial charge in [0.05, 0.1) is 13.2 Å². The third kappa shape index (κ3) is 4.81. The zero-order chi connectivity index (χ0) is 17.6. The first-order valence-electron chi connectivity index (χ1n) is 9.09. The maximum Gasteiger partial charge on any atom is 0.150 e. The summed E-state index contributed by atoms with van der Waals surface area (Å²) in [6.45, 7) is 6.84. The second-order valence-electron chi connectivity index (χ2n) is 6.64. The first-order chi connectivity index (χ1) is 12.2. The van der Waals surface area contributed by atoms with E-state index < -0.39 is 0 Å². The zero-order valence-electron chi connectivity index (χ0n) is 15.1. The Labute approximate surface area is 155 Å². The van der Waals surface area contributed by atoms with Crippen molar-refractivity contribution in [2.45, 2.75) is 38.6 Å². The molecule has 1 fully saturated rings. The Hall–Kier alpha value is -1.43. The van der Waals surface area contributed by atoms with Crippen LogP contribution in [0.5, 0.6) is 0 Å². The number of benzene rings is 1. The van der Waals surface area contributed by atoms with Gasteiger partial charge in [-0.1, -0.05) is 30.7 Å². The van der Waals surface area contributed by atoms with Crippen molar-refractivity contribution in [3.8, 4) is 0 Å². The maximum absolute atomic E-state index is 6.13. The van der Waals surface area contributed by atoms with Crippen molar-refractivity contribution in [1.82, 2.24) is 19.7 Å². The van der Waals surface area contributed by atoms with Gasteiger partial charge in [-0.2, -0.15) is 5.10 Å². The average Bonchev–Trinajstić information content (AvgIpc) is 3.03. The molecule has 0 saturated carbocycles. The molecule has 0 amide bonds. The number of methoxy groups -OCH3 is 1. The van der Waals surface area contributed by atoms with Gasteiger partial charge in [-0.05, 0) is 43.6 Å². The average molecular weight is 363 g/mol. The van der Waals surface area contributed by atoms with Crippen molar-refractivity contribution < 1.29 is 4.74 Å². The number of aryl methyl sites for hydroxylation is 1. The molecule has 0 spiro atoms. The number of ether oxygens (including phenoxy) is 1. The molecule has 6 heteroatoms. The number of hydrogen-bond acceptors (Lipinski definition) is 4. The molecule has 0 aliphatic carbocycles. The Morgan fingerprint density at radius 2 is 2.08 bits per heavy atom. The molecule has 0 radical (unpaired) electrons. The van der Waals surface area contributed by atoms with E-state index in [1.165, 1.54) is 5.56 Å². The highest BCUT2D eigenvalue weighted by Crippen LogP contribution is 2.27. The fourth-order valence-electron chi connectivity index (χ4n) is 3.41. The van der Waals surface area contributed by atoms with Gasteiger partial charge in [-0.15, -0.1) is 0 Å². The second kappa shape index (κ2) is 8.79. The number of piperidine rings is 1. The quantitative estimate of drug-likeness (QED) is 0.757. The molecule has 3 rings (SSSR count). The van der Waals surface area contributed by atoms with Gasteiger partial charge in [0, 0.05) is 31.0 Å². The van der Waals surface area contributed by atoms with E-state index in [0.717, 1.165) is 68.7 Å². The molecule has 1 aromatic carbocycles. The highest BCUT2D eigenvalue weighted by molar-refractivity contribution is 6.30. The topological polar surface area (TPSA) is 43.2 Å². The molecule has 1 saturated heterocycles. The van der Waals surface area contributed by atoms with Crippen molar-refractivity contribution in [2.75, 3.05) is 33.4 Å². The summed E-state index contributed by atoms with van der Waals surface area (Å²) >= 11 is 6.13. The lowest BCUT2D eigenvalue weighted by Gasteiger charge is -2.31. The van der Waals surface area contributed by atoms with Crippen LogP contribution in [0.15, 0.2) is 24.3 Å². The molecular weight excluding hydrogens is 336 g/mol. The SMILES string of the molecule is CCc1nc(C2CCN(CCOC)CC2)n(Cc2cccc(Cl)c2)n1. The number of hydrogen-bond donors (Lipinski definition) is 0. The van der Waals surface area contributed by atoms with E-state index in [1.807, 2.05) is 18.2 Å². The van der Waals surface area contributed by atoms with Crippen LogP contribution in [0.25, 0.3) is 0 Å². The summed E-state index contributed by atoms with van der Waals surface area (Å²) in [5, 5.41) is 5.49. The number of aromatic nitrogens is 3. The van der Waals surface area contributed by atoms with Gasteiger partial charge < -0.3 is 9.64 Å². The number of rotatable bonds is 7. The largest absolute Gasteiger partial charge is 0.383 e. The lowest BCUT2D eigenvalue weighted by molar-refractivity contribution is 0.129. The van der Waals surface area contributed by atoms with Crippen LogP contribution in [0.3, 0.4) is 0 Å². The van der Waals surface area contributed by atoms with Gasteiger partial charge in [0.1, 0.15) is 5.82 Å². The Morgan fingerprint density at radius 3 is 2.76 bits per heavy atom. The van der Waals surface area contributed by atoms with Gasteiger partial charge in [-0.25, -0.2) is 9.67 Å². The monoisotopic (exact) mass is 362 g/mol. The van der Waals surface area contributed by atoms with E-state index in [9.17, 15) is 0 Å². The minimum atomic E-state index is 0.478. The highest BCUT2D eigenvalue weighted by Gasteiger charge is 2.25. The highest BCUT2D eigenvalue weighted by atomic mass is 35.5. The normalized spacial score (nSPS) is 16.4. The van der Waals surface area contributed by atoms with Crippen LogP contribution in [0.1, 0.15) is 42.9 Å². The Kier molecular flexibility index (Phi) is 6.45. The first-order valence-corrected chi connectivity index (χ1v) is 9.46. The predicted octanol–water partition coefficient (Wildman–Crippen LogP) is 3.37. The summed E-state index contributed by atoms with van der Waals surface area (Å²) < 4.78 is 7.27. The summed E-state index contributed by atoms with van der Waals surface area (Å²) in [7, 11) is 1.76. The van der Waals surface area contributed by atoms with Gasteiger partial charge in [-0.3, -0.25) is 0 Å². The summed E-state index contributed by atoms with van der Waals surface area (Å²) in [5.41, 5.74) is 1.17. The van der Waals surface area contributed by atoms with Crippen molar-refractivity contribution in [3.05, 3.63) is 46.5 Å². The van der Waals surface area contributed by atoms with E-state index in [1.54, 1.807) is 7.11 Å². The zero-order valence-corrected chi connectivity index (χ0v) is 15.9. The summed E-state index contributed by atoms with van der Waals surface area (Å²) in [4.78, 5) is 7.30. The van der Waals surface area contributed by atoms with Crippen LogP contribution in [-0.4, -0.2) is 53.0 Å². The van der Waals surface area contributed by atoms with E-state index in [4.69, 9.17) is 26.4 Å². The van der Waals surface area contributed by atoms with Crippen LogP contribution in [0.2, 0.25) is 5.02 Å². The number of nitrogens with zero attached hydrogens (tertiary/aromatic N) is 4. The van der Waals surface area contributed by atoms with Crippen molar-refractivity contribution in [2.24, 2.45) is 0 Å². The molecule has 0 bridgehead atoms. The second-order valence-corrected chi connectivity index (χ2v) is 7.07. The molecule has 2 aromatic rings. The van der Waals surface area contributed by atoms with Crippen molar-refractivity contribution in [1.29, 1.82) is 0 Å². The third-order valence-corrected chi connectivity index (χ3v) is 5.08. The fourth-order valence-corrected chi connectivity index (χ4v) is 3.63. The van der Waals surface area contributed by atoms with Crippen LogP contribution in [-0.2, 0) is 17.7 Å². The van der Waals surface area contributed by atoms with Gasteiger partial charge >= 0.3 is 0 Å². The minimum absolute atomic E-state index is 0.478. The Balaban J connectivity index is 1.72. The smallest absolute Gasteiger partial charge is 0.150 e. The van der Waals surface area contributed by atoms with E-state index >= 15 is 0 Å². The Morgan fingerprint density at radius 1 is 1.28 bits per heavy atom. The molecular formula is C19H27ClN4O. The molecule has 1 aromatic heterocycles. The minimum Gasteiger partial charge on any atom is -0.383 e. The standard InChI is InChI=1S/C19H27ClN4O/c1-3-18-21-19(16-7-9-23(10-8-16)11-12-25-2)24(22-18)14-15-5-4-6-17(20)13-15/h4-6,13,16H,3,7-12,14H2,1-2H3. The molecule has 0 unspecified atom stereocenters. The third-order valence-electron chi connectivity index (χ3n) is 4.85. The maximum atomic E-state index is 6.13. The van der Waals surface area contributed by atoms with Crippen molar-refractivity contribution >= 4 is 11.6 Å². The van der Waals surface area contributed by atoms with Gasteiger partial charge in [0.2, 0.25) is 0 Å². The Bertz CT molecular complexity index is 680. The lowest BCUT2D eigenvalue weighted by Crippen LogP contribution is -2.36. The lowest BCUT2D eigenvalue weighted by atomic mass is 9.96. The molecule has 136 valence electrons. The number of likely N-dealkylation sites (tertiary alicyclic amines) is 1. The van der Waals surface area contributed by atoms with Crippen LogP contribution < -0.4 is 0 Å². The molecule has 1 aliphatic rings. The van der Waals surface area contributed by atoms with Crippen LogP contribution in [0, 0.1) is 0 Å².